The molecule has 21 heavy (non-hydrogen) atoms. The number of hydrogen-bond acceptors (Lipinski definition) is 6. The summed E-state index contributed by atoms with van der Waals surface area (Å²) in [5.74, 6) is 1.77. The fourth-order valence-corrected chi connectivity index (χ4v) is 2.75. The lowest BCUT2D eigenvalue weighted by Gasteiger charge is -2.04. The Balaban J connectivity index is 1.79. The molecule has 0 fully saturated rings. The summed E-state index contributed by atoms with van der Waals surface area (Å²) >= 11 is 1.63. The summed E-state index contributed by atoms with van der Waals surface area (Å²) in [6, 6.07) is 7.76. The molecule has 0 saturated carbocycles. The normalized spacial score (nSPS) is 11.1. The van der Waals surface area contributed by atoms with Crippen molar-refractivity contribution in [3.8, 4) is 0 Å². The Kier molecular flexibility index (Phi) is 3.76. The van der Waals surface area contributed by atoms with Crippen LogP contribution in [0.25, 0.3) is 11.0 Å². The average Bonchev–Trinajstić information content (AvgIpc) is 2.88. The highest BCUT2D eigenvalue weighted by Gasteiger charge is 2.09. The van der Waals surface area contributed by atoms with E-state index < -0.39 is 0 Å². The van der Waals surface area contributed by atoms with Crippen molar-refractivity contribution in [3.05, 3.63) is 41.9 Å². The number of aliphatic hydroxyl groups excluding tert-OH is 1. The number of nitrogens with zero attached hydrogens (tertiary/aromatic N) is 4. The molecule has 0 spiro atoms. The van der Waals surface area contributed by atoms with Gasteiger partial charge in [0, 0.05) is 11.9 Å². The molecule has 0 radical (unpaired) electrons. The minimum Gasteiger partial charge on any atom is -0.392 e. The molecule has 2 aromatic heterocycles. The van der Waals surface area contributed by atoms with Crippen LogP contribution < -0.4 is 5.73 Å². The molecular formula is C14H15N5OS. The van der Waals surface area contributed by atoms with Crippen molar-refractivity contribution in [2.75, 3.05) is 5.73 Å². The first-order valence-corrected chi connectivity index (χ1v) is 7.42. The quantitative estimate of drug-likeness (QED) is 0.713. The zero-order chi connectivity index (χ0) is 14.8. The van der Waals surface area contributed by atoms with E-state index in [4.69, 9.17) is 10.8 Å². The number of hydrogen-bond donors (Lipinski definition) is 2. The molecule has 3 rings (SSSR count). The molecule has 0 aliphatic carbocycles. The third kappa shape index (κ3) is 2.84. The van der Waals surface area contributed by atoms with Gasteiger partial charge < -0.3 is 10.8 Å². The summed E-state index contributed by atoms with van der Waals surface area (Å²) in [4.78, 5) is 9.91. The van der Waals surface area contributed by atoms with Gasteiger partial charge in [0.2, 0.25) is 0 Å². The number of aromatic nitrogens is 4. The smallest absolute Gasteiger partial charge is 0.163 e. The Hall–Kier alpha value is -2.12. The van der Waals surface area contributed by atoms with Crippen LogP contribution in [-0.4, -0.2) is 24.9 Å². The average molecular weight is 301 g/mol. The van der Waals surface area contributed by atoms with E-state index in [1.807, 2.05) is 31.3 Å². The largest absolute Gasteiger partial charge is 0.392 e. The van der Waals surface area contributed by atoms with Gasteiger partial charge in [0.1, 0.15) is 11.6 Å². The maximum absolute atomic E-state index is 9.02. The first-order chi connectivity index (χ1) is 10.2. The maximum Gasteiger partial charge on any atom is 0.163 e. The van der Waals surface area contributed by atoms with Crippen molar-refractivity contribution in [3.63, 3.8) is 0 Å². The van der Waals surface area contributed by atoms with Gasteiger partial charge in [-0.05, 0) is 17.7 Å². The van der Waals surface area contributed by atoms with E-state index >= 15 is 0 Å². The predicted molar refractivity (Wildman–Crippen MR) is 82.6 cm³/mol. The van der Waals surface area contributed by atoms with E-state index in [1.54, 1.807) is 22.6 Å². The lowest BCUT2D eigenvalue weighted by molar-refractivity contribution is 0.282. The van der Waals surface area contributed by atoms with E-state index in [0.29, 0.717) is 17.4 Å². The van der Waals surface area contributed by atoms with Crippen LogP contribution in [0.1, 0.15) is 11.4 Å². The van der Waals surface area contributed by atoms with Crippen LogP contribution in [0, 0.1) is 0 Å². The van der Waals surface area contributed by atoms with Crippen molar-refractivity contribution in [1.29, 1.82) is 0 Å². The zero-order valence-electron chi connectivity index (χ0n) is 11.5. The van der Waals surface area contributed by atoms with E-state index in [2.05, 4.69) is 15.1 Å². The molecule has 0 unspecified atom stereocenters. The molecule has 3 aromatic rings. The van der Waals surface area contributed by atoms with Gasteiger partial charge in [-0.15, -0.1) is 11.8 Å². The van der Waals surface area contributed by atoms with Crippen molar-refractivity contribution in [1.82, 2.24) is 19.7 Å². The first-order valence-electron chi connectivity index (χ1n) is 6.44. The number of thioether (sulfide) groups is 1. The first kappa shape index (κ1) is 13.8. The molecule has 0 atom stereocenters. The molecule has 0 amide bonds. The Morgan fingerprint density at radius 3 is 2.71 bits per heavy atom. The highest BCUT2D eigenvalue weighted by atomic mass is 32.2. The molecule has 0 aliphatic heterocycles. The number of benzene rings is 1. The van der Waals surface area contributed by atoms with Gasteiger partial charge in [0.05, 0.1) is 23.9 Å². The third-order valence-electron chi connectivity index (χ3n) is 3.14. The Morgan fingerprint density at radius 2 is 2.00 bits per heavy atom. The number of aryl methyl sites for hydroxylation is 1. The van der Waals surface area contributed by atoms with Gasteiger partial charge in [0.15, 0.2) is 5.65 Å². The van der Waals surface area contributed by atoms with Crippen LogP contribution in [-0.2, 0) is 19.4 Å². The molecular weight excluding hydrogens is 286 g/mol. The number of anilines is 1. The minimum absolute atomic E-state index is 0.0573. The van der Waals surface area contributed by atoms with Gasteiger partial charge in [-0.2, -0.15) is 5.10 Å². The number of fused-ring (bicyclic) bond motifs is 1. The van der Waals surface area contributed by atoms with Crippen LogP contribution in [0.3, 0.4) is 0 Å². The van der Waals surface area contributed by atoms with E-state index in [-0.39, 0.29) is 6.61 Å². The van der Waals surface area contributed by atoms with Crippen molar-refractivity contribution >= 4 is 28.6 Å². The lowest BCUT2D eigenvalue weighted by atomic mass is 10.2. The molecule has 0 saturated heterocycles. The van der Waals surface area contributed by atoms with Crippen LogP contribution in [0.15, 0.2) is 35.4 Å². The number of aliphatic hydroxyl groups is 1. The summed E-state index contributed by atoms with van der Waals surface area (Å²) in [5, 5.41) is 13.9. The Labute approximate surface area is 126 Å². The number of nitrogen functional groups attached to an aromatic ring is 1. The van der Waals surface area contributed by atoms with Crippen LogP contribution >= 0.6 is 11.8 Å². The van der Waals surface area contributed by atoms with E-state index in [9.17, 15) is 0 Å². The van der Waals surface area contributed by atoms with E-state index in [0.717, 1.165) is 21.5 Å². The zero-order valence-corrected chi connectivity index (χ0v) is 12.3. The van der Waals surface area contributed by atoms with Gasteiger partial charge in [-0.1, -0.05) is 12.1 Å². The summed E-state index contributed by atoms with van der Waals surface area (Å²) in [5.41, 5.74) is 7.58. The summed E-state index contributed by atoms with van der Waals surface area (Å²) < 4.78 is 1.69. The SMILES string of the molecule is Cn1ncc2c(N)nc(CSc3ccc(CO)cc3)nc21. The second kappa shape index (κ2) is 5.71. The third-order valence-corrected chi connectivity index (χ3v) is 4.15. The topological polar surface area (TPSA) is 89.9 Å². The van der Waals surface area contributed by atoms with Crippen molar-refractivity contribution < 1.29 is 5.11 Å². The van der Waals surface area contributed by atoms with Gasteiger partial charge in [-0.3, -0.25) is 4.68 Å². The molecule has 6 nitrogen and oxygen atoms in total. The monoisotopic (exact) mass is 301 g/mol. The summed E-state index contributed by atoms with van der Waals surface area (Å²) in [7, 11) is 1.83. The van der Waals surface area contributed by atoms with Crippen LogP contribution in [0.2, 0.25) is 0 Å². The van der Waals surface area contributed by atoms with Gasteiger partial charge >= 0.3 is 0 Å². The highest BCUT2D eigenvalue weighted by Crippen LogP contribution is 2.24. The second-order valence-corrected chi connectivity index (χ2v) is 5.67. The number of nitrogens with two attached hydrogens (primary N) is 1. The van der Waals surface area contributed by atoms with Crippen molar-refractivity contribution in [2.45, 2.75) is 17.3 Å². The molecule has 3 N–H and O–H groups in total. The van der Waals surface area contributed by atoms with Crippen LogP contribution in [0.4, 0.5) is 5.82 Å². The van der Waals surface area contributed by atoms with Gasteiger partial charge in [0.25, 0.3) is 0 Å². The molecule has 0 aliphatic rings. The predicted octanol–water partition coefficient (Wildman–Crippen LogP) is 1.73. The minimum atomic E-state index is 0.0573. The fraction of sp³-hybridized carbons (Fsp3) is 0.214. The lowest BCUT2D eigenvalue weighted by Crippen LogP contribution is -2.01. The maximum atomic E-state index is 9.02. The molecule has 7 heteroatoms. The van der Waals surface area contributed by atoms with Crippen LogP contribution in [0.5, 0.6) is 0 Å². The standard InChI is InChI=1S/C14H15N5OS/c1-19-14-11(6-16-19)13(15)17-12(18-14)8-21-10-4-2-9(7-20)3-5-10/h2-6,20H,7-8H2,1H3,(H2,15,17,18). The summed E-state index contributed by atoms with van der Waals surface area (Å²) in [6.07, 6.45) is 1.68. The molecule has 108 valence electrons. The van der Waals surface area contributed by atoms with Gasteiger partial charge in [-0.25, -0.2) is 9.97 Å². The number of rotatable bonds is 4. The molecule has 0 bridgehead atoms. The second-order valence-electron chi connectivity index (χ2n) is 4.62. The van der Waals surface area contributed by atoms with E-state index in [1.165, 1.54) is 0 Å². The Morgan fingerprint density at radius 1 is 1.24 bits per heavy atom. The highest BCUT2D eigenvalue weighted by molar-refractivity contribution is 7.98. The summed E-state index contributed by atoms with van der Waals surface area (Å²) in [6.45, 7) is 0.0573. The Bertz CT molecular complexity index is 769. The molecule has 1 aromatic carbocycles. The fourth-order valence-electron chi connectivity index (χ4n) is 1.99. The molecule has 2 heterocycles. The van der Waals surface area contributed by atoms with Crippen molar-refractivity contribution in [2.24, 2.45) is 7.05 Å².